The predicted octanol–water partition coefficient (Wildman–Crippen LogP) is 29.5. The van der Waals surface area contributed by atoms with Crippen molar-refractivity contribution in [3.8, 4) is 147 Å². The zero-order valence-electron chi connectivity index (χ0n) is 67.3. The van der Waals surface area contributed by atoms with Gasteiger partial charge in [0.1, 0.15) is 0 Å². The van der Waals surface area contributed by atoms with E-state index in [0.717, 1.165) is 115 Å². The molecule has 12 nitrogen and oxygen atoms in total. The second kappa shape index (κ2) is 37.0. The van der Waals surface area contributed by atoms with Gasteiger partial charge in [-0.25, -0.2) is 19.9 Å². The van der Waals surface area contributed by atoms with Crippen molar-refractivity contribution in [2.24, 2.45) is 0 Å². The van der Waals surface area contributed by atoms with Crippen LogP contribution in [0.3, 0.4) is 0 Å². The molecular weight excluding hydrogens is 1630 g/mol. The molecule has 16 heteroatoms. The number of halogens is 4. The van der Waals surface area contributed by atoms with Gasteiger partial charge in [0.05, 0.1) is 0 Å². The summed E-state index contributed by atoms with van der Waals surface area (Å²) in [6.07, 6.45) is 0. The summed E-state index contributed by atoms with van der Waals surface area (Å²) in [5.41, 5.74) is 18.9. The largest absolute Gasteiger partial charge is 0.226 e. The number of nitrogens with zero attached hydrogens (tertiary/aromatic N) is 12. The maximum atomic E-state index is 6.42. The van der Waals surface area contributed by atoms with E-state index in [0.29, 0.717) is 46.6 Å². The Kier molecular flexibility index (Phi) is 23.6. The highest BCUT2D eigenvalue weighted by atomic mass is 35.5. The minimum atomic E-state index is 0.171. The van der Waals surface area contributed by atoms with Crippen LogP contribution in [0.15, 0.2) is 425 Å². The zero-order valence-corrected chi connectivity index (χ0v) is 70.3. The number of aromatic nitrogens is 12. The second-order valence-corrected chi connectivity index (χ2v) is 31.0. The Morgan fingerprint density at radius 1 is 0.119 bits per heavy atom. The molecule has 0 N–H and O–H groups in total. The van der Waals surface area contributed by atoms with Gasteiger partial charge in [0.25, 0.3) is 0 Å². The third-order valence-corrected chi connectivity index (χ3v) is 22.3. The molecule has 0 saturated heterocycles. The molecule has 126 heavy (non-hydrogen) atoms. The number of hydrogen-bond acceptors (Lipinski definition) is 12. The predicted molar refractivity (Wildman–Crippen MR) is 518 cm³/mol. The van der Waals surface area contributed by atoms with E-state index < -0.39 is 0 Å². The molecular formula is C110H70Cl4N12. The number of hydrogen-bond donors (Lipinski definition) is 0. The summed E-state index contributed by atoms with van der Waals surface area (Å²) < 4.78 is 0. The fourth-order valence-corrected chi connectivity index (χ4v) is 16.3. The molecule has 0 aliphatic heterocycles. The highest BCUT2D eigenvalue weighted by Crippen LogP contribution is 2.39. The number of benzene rings is 18. The fraction of sp³-hybridized carbons (Fsp3) is 0. The van der Waals surface area contributed by atoms with Crippen LogP contribution in [0.2, 0.25) is 21.1 Å². The van der Waals surface area contributed by atoms with E-state index >= 15 is 0 Å². The summed E-state index contributed by atoms with van der Waals surface area (Å²) in [7, 11) is 0. The van der Waals surface area contributed by atoms with Crippen LogP contribution in [0.25, 0.3) is 201 Å². The first-order valence-electron chi connectivity index (χ1n) is 40.8. The molecule has 22 rings (SSSR count). The first-order valence-corrected chi connectivity index (χ1v) is 42.3. The third-order valence-electron chi connectivity index (χ3n) is 21.7. The SMILES string of the molecule is Clc1nc(-c2ccc(-c3ccccc3)cc2)nc(-c2ccc3c(-c4ccccc4)cccc3c2)n1.Clc1nc(-c2cccc(-c3ccccc3)c2)nc(-c2cc(-c3ccccc3)c3ccccc3c2)n1.Clc1nc(-c2cccc3ccccc23)nc(-c2cccc3ccccc23)n1.Clc1nc(-c2ccccc2)nc(-c2cccc3cc(-c4ccccc4)ccc23)n1. The molecule has 0 atom stereocenters. The lowest BCUT2D eigenvalue weighted by molar-refractivity contribution is 1.07. The van der Waals surface area contributed by atoms with E-state index in [2.05, 4.69) is 270 Å². The minimum Gasteiger partial charge on any atom is -0.208 e. The van der Waals surface area contributed by atoms with Gasteiger partial charge in [-0.2, -0.15) is 39.9 Å². The monoisotopic (exact) mass is 1700 g/mol. The number of fused-ring (bicyclic) bond motifs is 5. The Labute approximate surface area is 747 Å². The van der Waals surface area contributed by atoms with Crippen molar-refractivity contribution in [2.75, 3.05) is 0 Å². The van der Waals surface area contributed by atoms with Crippen molar-refractivity contribution >= 4 is 100 Å². The minimum absolute atomic E-state index is 0.171. The summed E-state index contributed by atoms with van der Waals surface area (Å²) in [4.78, 5) is 54.3. The number of rotatable bonds is 13. The van der Waals surface area contributed by atoms with Crippen LogP contribution in [0, 0.1) is 0 Å². The van der Waals surface area contributed by atoms with Crippen LogP contribution in [0.4, 0.5) is 0 Å². The van der Waals surface area contributed by atoms with Crippen molar-refractivity contribution in [3.63, 3.8) is 0 Å². The van der Waals surface area contributed by atoms with Crippen molar-refractivity contribution in [1.29, 1.82) is 0 Å². The van der Waals surface area contributed by atoms with Gasteiger partial charge in [-0.05, 0) is 186 Å². The normalized spacial score (nSPS) is 11.0. The second-order valence-electron chi connectivity index (χ2n) is 29.6. The molecule has 0 radical (unpaired) electrons. The average Bonchev–Trinajstić information content (AvgIpc) is 0.764. The maximum absolute atomic E-state index is 6.42. The quantitative estimate of drug-likeness (QED) is 0.108. The summed E-state index contributed by atoms with van der Waals surface area (Å²) in [6.45, 7) is 0. The van der Waals surface area contributed by atoms with Crippen molar-refractivity contribution < 1.29 is 0 Å². The lowest BCUT2D eigenvalue weighted by Gasteiger charge is -2.11. The Morgan fingerprint density at radius 3 is 0.817 bits per heavy atom. The van der Waals surface area contributed by atoms with Gasteiger partial charge in [0.2, 0.25) is 21.1 Å². The van der Waals surface area contributed by atoms with Crippen LogP contribution in [0.5, 0.6) is 0 Å². The van der Waals surface area contributed by atoms with Crippen molar-refractivity contribution in [2.45, 2.75) is 0 Å². The van der Waals surface area contributed by atoms with E-state index in [9.17, 15) is 0 Å². The Morgan fingerprint density at radius 2 is 0.349 bits per heavy atom. The molecule has 0 aliphatic rings. The van der Waals surface area contributed by atoms with Crippen LogP contribution < -0.4 is 0 Å². The molecule has 0 spiro atoms. The molecule has 0 unspecified atom stereocenters. The molecule has 0 saturated carbocycles. The Hall–Kier alpha value is -15.5. The molecule has 18 aromatic carbocycles. The summed E-state index contributed by atoms with van der Waals surface area (Å²) >= 11 is 25.3. The molecule has 22 aromatic rings. The van der Waals surface area contributed by atoms with Gasteiger partial charge in [0.15, 0.2) is 46.6 Å². The van der Waals surface area contributed by atoms with E-state index in [1.165, 1.54) is 38.6 Å². The van der Waals surface area contributed by atoms with E-state index in [-0.39, 0.29) is 21.1 Å². The molecule has 0 bridgehead atoms. The molecule has 4 heterocycles. The fourth-order valence-electron chi connectivity index (χ4n) is 15.6. The van der Waals surface area contributed by atoms with E-state index in [1.807, 2.05) is 194 Å². The average molecular weight is 1700 g/mol. The van der Waals surface area contributed by atoms with Crippen molar-refractivity contribution in [3.05, 3.63) is 446 Å². The summed E-state index contributed by atoms with van der Waals surface area (Å²) in [6, 6.07) is 144. The van der Waals surface area contributed by atoms with Gasteiger partial charge in [-0.3, -0.25) is 0 Å². The topological polar surface area (TPSA) is 155 Å². The van der Waals surface area contributed by atoms with Crippen LogP contribution >= 0.6 is 46.4 Å². The Balaban J connectivity index is 0.000000110. The summed E-state index contributed by atoms with van der Waals surface area (Å²) in [5, 5.41) is 12.0. The third kappa shape index (κ3) is 18.0. The van der Waals surface area contributed by atoms with E-state index in [1.54, 1.807) is 0 Å². The highest BCUT2D eigenvalue weighted by Gasteiger charge is 2.20. The molecule has 4 aromatic heterocycles. The first-order chi connectivity index (χ1) is 62.1. The Bertz CT molecular complexity index is 7590. The first kappa shape index (κ1) is 80.2. The molecule has 598 valence electrons. The molecule has 0 amide bonds. The van der Waals surface area contributed by atoms with Crippen LogP contribution in [-0.4, -0.2) is 59.8 Å². The van der Waals surface area contributed by atoms with Crippen molar-refractivity contribution in [1.82, 2.24) is 59.8 Å². The van der Waals surface area contributed by atoms with Gasteiger partial charge in [-0.1, -0.05) is 394 Å². The van der Waals surface area contributed by atoms with Crippen LogP contribution in [-0.2, 0) is 0 Å². The lowest BCUT2D eigenvalue weighted by atomic mass is 9.95. The van der Waals surface area contributed by atoms with Gasteiger partial charge in [-0.15, -0.1) is 0 Å². The van der Waals surface area contributed by atoms with Gasteiger partial charge < -0.3 is 0 Å². The lowest BCUT2D eigenvalue weighted by Crippen LogP contribution is -1.98. The zero-order chi connectivity index (χ0) is 85.1. The molecule has 0 aliphatic carbocycles. The smallest absolute Gasteiger partial charge is 0.208 e. The molecule has 0 fully saturated rings. The summed E-state index contributed by atoms with van der Waals surface area (Å²) in [5.74, 6) is 4.50. The van der Waals surface area contributed by atoms with Crippen LogP contribution in [0.1, 0.15) is 0 Å². The standard InChI is InChI=1S/2C31H20ClN3.C25H16ClN3.C23H14ClN3/c32-31-34-29(25-16-9-15-23(18-25)21-10-3-1-4-11-21)33-30(35-31)26-19-24-14-7-8-17-27(24)28(20-26)22-12-5-2-6-13-22;32-31-34-29(24-16-14-22(15-17-24)21-8-3-1-4-9-21)33-30(35-31)26-18-19-28-25(20-26)12-7-13-27(28)23-10-5-2-6-11-23;26-25-28-23(18-10-5-2-6-11-18)27-24(29-25)22-13-7-12-20-16-19(14-15-21(20)22)17-8-3-1-4-9-17;24-23-26-21(19-13-5-9-15-7-1-3-11-17(15)19)25-22(27-23)20-14-6-10-16-8-2-4-12-18(16)20/h2*1-20H;1-16H;1-14H. The van der Waals surface area contributed by atoms with Gasteiger partial charge >= 0.3 is 0 Å². The highest BCUT2D eigenvalue weighted by molar-refractivity contribution is 6.29. The maximum Gasteiger partial charge on any atom is 0.226 e. The van der Waals surface area contributed by atoms with E-state index in [4.69, 9.17) is 66.3 Å². The van der Waals surface area contributed by atoms with Gasteiger partial charge in [0, 0.05) is 44.5 Å².